The van der Waals surface area contributed by atoms with Crippen LogP contribution in [0.5, 0.6) is 5.75 Å². The Balaban J connectivity index is 1.06. The van der Waals surface area contributed by atoms with Gasteiger partial charge in [0.25, 0.3) is 5.91 Å². The number of nitrogens with zero attached hydrogens (tertiary/aromatic N) is 5. The van der Waals surface area contributed by atoms with Gasteiger partial charge in [0, 0.05) is 80.4 Å². The molecule has 3 aliphatic rings. The molecule has 50 heavy (non-hydrogen) atoms. The number of amides is 2. The zero-order chi connectivity index (χ0) is 35.8. The quantitative estimate of drug-likeness (QED) is 0.0779. The summed E-state index contributed by atoms with van der Waals surface area (Å²) in [6.45, 7) is 6.39. The highest BCUT2D eigenvalue weighted by Gasteiger charge is 2.40. The first-order valence-corrected chi connectivity index (χ1v) is 19.9. The van der Waals surface area contributed by atoms with E-state index in [0.29, 0.717) is 56.8 Å². The molecule has 1 saturated heterocycles. The van der Waals surface area contributed by atoms with E-state index in [1.165, 1.54) is 30.5 Å². The van der Waals surface area contributed by atoms with Gasteiger partial charge in [0.15, 0.2) is 14.0 Å². The molecule has 1 aromatic carbocycles. The first-order valence-electron chi connectivity index (χ1n) is 16.4. The monoisotopic (exact) mass is 730 g/mol. The Bertz CT molecular complexity index is 1600. The number of terminal acetylenes is 1. The van der Waals surface area contributed by atoms with Crippen LogP contribution in [0.2, 0.25) is 19.1 Å². The number of aliphatic imine (C=N–C) groups is 1. The van der Waals surface area contributed by atoms with Crippen LogP contribution in [-0.2, 0) is 14.0 Å². The lowest BCUT2D eigenvalue weighted by molar-refractivity contribution is -0.112. The molecule has 4 heterocycles. The average molecular weight is 731 g/mol. The standard InChI is InChI=1S/C33H41ClF2N8O5Si/c1-4-5-13-32(42-43-32)14-18-48-50(2,3)19-6-17-47-31(46)40-25-12-16-44(22-25)29-27(28-11-15-38-41-28)20-23(21-37-29)30(45)39-24-7-9-26(10-8-24)49-33(34,35)36/h1,7-11,15,20-21,25,27,29H,5-6,12-14,16-19,22H2,2-3H3,(H,38,41)(H,39,45)(H,40,46). The SMILES string of the molecule is C#CCCC1(CCO[Si](C)(C)CCCOC(=O)NC2CCN(C3N=CC(C(=O)Nc4ccc(OC(F)(F)Cl)cc4)=CC3c3ccn[nH]3)C2)N=N1. The smallest absolute Gasteiger partial charge is 0.450 e. The van der Waals surface area contributed by atoms with Gasteiger partial charge in [-0.1, -0.05) is 6.08 Å². The fourth-order valence-electron chi connectivity index (χ4n) is 5.92. The second-order valence-electron chi connectivity index (χ2n) is 13.0. The number of likely N-dealkylation sites (tertiary alicyclic amines) is 1. The molecule has 268 valence electrons. The van der Waals surface area contributed by atoms with E-state index < -0.39 is 25.9 Å². The average Bonchev–Trinajstić information content (AvgIpc) is 3.40. The lowest BCUT2D eigenvalue weighted by Gasteiger charge is -2.32. The van der Waals surface area contributed by atoms with Crippen molar-refractivity contribution in [1.29, 1.82) is 0 Å². The van der Waals surface area contributed by atoms with Gasteiger partial charge in [-0.05, 0) is 62.3 Å². The van der Waals surface area contributed by atoms with Crippen molar-refractivity contribution in [1.82, 2.24) is 20.4 Å². The van der Waals surface area contributed by atoms with Crippen LogP contribution >= 0.6 is 11.6 Å². The van der Waals surface area contributed by atoms with Gasteiger partial charge in [0.05, 0.1) is 18.1 Å². The molecule has 0 bridgehead atoms. The third kappa shape index (κ3) is 10.9. The molecule has 3 N–H and O–H groups in total. The first kappa shape index (κ1) is 37.1. The zero-order valence-electron chi connectivity index (χ0n) is 27.9. The number of dihydropyridines is 1. The van der Waals surface area contributed by atoms with Crippen molar-refractivity contribution in [3.8, 4) is 18.1 Å². The molecule has 13 nitrogen and oxygen atoms in total. The number of anilines is 1. The first-order chi connectivity index (χ1) is 23.8. The highest BCUT2D eigenvalue weighted by atomic mass is 35.5. The molecule has 0 saturated carbocycles. The fraction of sp³-hybridized carbons (Fsp3) is 0.515. The van der Waals surface area contributed by atoms with E-state index in [4.69, 9.17) is 32.2 Å². The molecular weight excluding hydrogens is 690 g/mol. The Morgan fingerprint density at radius 1 is 1.20 bits per heavy atom. The van der Waals surface area contributed by atoms with Crippen molar-refractivity contribution in [3.63, 3.8) is 0 Å². The van der Waals surface area contributed by atoms with Gasteiger partial charge in [-0.3, -0.25) is 19.8 Å². The van der Waals surface area contributed by atoms with E-state index in [1.54, 1.807) is 6.20 Å². The minimum atomic E-state index is -3.84. The predicted octanol–water partition coefficient (Wildman–Crippen LogP) is 6.01. The fourth-order valence-corrected chi connectivity index (χ4v) is 7.80. The summed E-state index contributed by atoms with van der Waals surface area (Å²) in [5.41, 5.74) is -2.72. The molecule has 17 heteroatoms. The van der Waals surface area contributed by atoms with Crippen LogP contribution in [0.3, 0.4) is 0 Å². The number of aromatic amines is 1. The Morgan fingerprint density at radius 2 is 1.98 bits per heavy atom. The number of hydrogen-bond acceptors (Lipinski definition) is 10. The Hall–Kier alpha value is -4.17. The number of H-pyrrole nitrogens is 1. The Morgan fingerprint density at radius 3 is 2.66 bits per heavy atom. The number of ether oxygens (including phenoxy) is 2. The number of carbonyl (C=O) groups excluding carboxylic acids is 2. The predicted molar refractivity (Wildman–Crippen MR) is 186 cm³/mol. The molecule has 2 aromatic rings. The van der Waals surface area contributed by atoms with Crippen molar-refractivity contribution in [2.24, 2.45) is 15.2 Å². The normalized spacial score (nSPS) is 21.3. The van der Waals surface area contributed by atoms with Crippen LogP contribution in [-0.4, -0.2) is 91.4 Å². The zero-order valence-corrected chi connectivity index (χ0v) is 29.7. The second kappa shape index (κ2) is 16.2. The minimum absolute atomic E-state index is 0.131. The van der Waals surface area contributed by atoms with Crippen LogP contribution in [0.25, 0.3) is 0 Å². The number of aromatic nitrogens is 2. The second-order valence-corrected chi connectivity index (χ2v) is 17.7. The minimum Gasteiger partial charge on any atom is -0.450 e. The molecule has 1 fully saturated rings. The van der Waals surface area contributed by atoms with Crippen LogP contribution < -0.4 is 15.4 Å². The maximum absolute atomic E-state index is 13.1. The summed E-state index contributed by atoms with van der Waals surface area (Å²) in [5.74, 6) is 1.73. The maximum atomic E-state index is 13.1. The van der Waals surface area contributed by atoms with Crippen LogP contribution in [0.15, 0.2) is 63.4 Å². The maximum Gasteiger partial charge on any atom is 0.487 e. The summed E-state index contributed by atoms with van der Waals surface area (Å²) in [6.07, 6.45) is 13.1. The van der Waals surface area contributed by atoms with Crippen molar-refractivity contribution in [2.75, 3.05) is 31.6 Å². The number of halogens is 3. The topological polar surface area (TPSA) is 155 Å². The molecule has 2 amide bonds. The van der Waals surface area contributed by atoms with E-state index >= 15 is 0 Å². The van der Waals surface area contributed by atoms with Gasteiger partial charge in [-0.15, -0.1) is 21.1 Å². The summed E-state index contributed by atoms with van der Waals surface area (Å²) in [6, 6.07) is 7.94. The van der Waals surface area contributed by atoms with Gasteiger partial charge in [0.1, 0.15) is 11.9 Å². The van der Waals surface area contributed by atoms with Gasteiger partial charge < -0.3 is 24.5 Å². The van der Waals surface area contributed by atoms with Crippen LogP contribution in [0, 0.1) is 12.3 Å². The highest BCUT2D eigenvalue weighted by molar-refractivity contribution is 6.71. The third-order valence-corrected chi connectivity index (χ3v) is 11.3. The number of alkyl halides is 3. The van der Waals surface area contributed by atoms with Crippen LogP contribution in [0.4, 0.5) is 19.3 Å². The van der Waals surface area contributed by atoms with Gasteiger partial charge in [0.2, 0.25) is 0 Å². The van der Waals surface area contributed by atoms with Crippen LogP contribution in [0.1, 0.15) is 43.7 Å². The van der Waals surface area contributed by atoms with Crippen molar-refractivity contribution in [2.45, 2.75) is 80.6 Å². The summed E-state index contributed by atoms with van der Waals surface area (Å²) in [4.78, 5) is 32.6. The summed E-state index contributed by atoms with van der Waals surface area (Å²) >= 11 is 4.81. The molecule has 3 atom stereocenters. The van der Waals surface area contributed by atoms with E-state index in [0.717, 1.165) is 24.6 Å². The Labute approximate surface area is 295 Å². The molecule has 0 aliphatic carbocycles. The van der Waals surface area contributed by atoms with Crippen molar-refractivity contribution >= 4 is 43.8 Å². The molecule has 5 rings (SSSR count). The van der Waals surface area contributed by atoms with Gasteiger partial charge in [-0.2, -0.15) is 15.3 Å². The number of nitrogens with one attached hydrogen (secondary N) is 3. The molecule has 0 spiro atoms. The summed E-state index contributed by atoms with van der Waals surface area (Å²) in [7, 11) is -1.94. The van der Waals surface area contributed by atoms with E-state index in [1.807, 2.05) is 12.1 Å². The third-order valence-electron chi connectivity index (χ3n) is 8.66. The number of carbonyl (C=O) groups is 2. The lowest BCUT2D eigenvalue weighted by atomic mass is 9.95. The van der Waals surface area contributed by atoms with Crippen molar-refractivity contribution < 1.29 is 32.3 Å². The molecule has 0 radical (unpaired) electrons. The molecule has 3 unspecified atom stereocenters. The number of benzene rings is 1. The molecule has 3 aliphatic heterocycles. The largest absolute Gasteiger partial charge is 0.487 e. The Kier molecular flexibility index (Phi) is 12.0. The molecule has 1 aromatic heterocycles. The van der Waals surface area contributed by atoms with Gasteiger partial charge in [-0.25, -0.2) is 4.79 Å². The summed E-state index contributed by atoms with van der Waals surface area (Å²) in [5, 5.41) is 21.1. The van der Waals surface area contributed by atoms with Gasteiger partial charge >= 0.3 is 11.7 Å². The number of alkyl carbamates (subject to hydrolysis) is 1. The number of hydrogen-bond donors (Lipinski definition) is 3. The van der Waals surface area contributed by atoms with E-state index in [9.17, 15) is 18.4 Å². The molecular formula is C33H41ClF2N8O5Si. The summed E-state index contributed by atoms with van der Waals surface area (Å²) < 4.78 is 41.8. The number of rotatable bonds is 17. The highest BCUT2D eigenvalue weighted by Crippen LogP contribution is 2.37. The van der Waals surface area contributed by atoms with E-state index in [-0.39, 0.29) is 29.5 Å². The van der Waals surface area contributed by atoms with Crippen molar-refractivity contribution in [3.05, 3.63) is 53.9 Å². The van der Waals surface area contributed by atoms with E-state index in [2.05, 4.69) is 59.7 Å². The lowest BCUT2D eigenvalue weighted by Crippen LogP contribution is -2.42.